The molecule has 2 heterocycles. The SMILES string of the molecule is CNC(=O)c1cc(Nc2ccc3c(c2)SC(NC2CCCCC2)N3)ccn1.CO. The van der Waals surface area contributed by atoms with Gasteiger partial charge in [-0.05, 0) is 43.2 Å². The highest BCUT2D eigenvalue weighted by molar-refractivity contribution is 8.00. The third kappa shape index (κ3) is 5.62. The number of rotatable bonds is 5. The number of fused-ring (bicyclic) bond motifs is 1. The zero-order chi connectivity index (χ0) is 20.6. The Balaban J connectivity index is 0.00000117. The lowest BCUT2D eigenvalue weighted by Crippen LogP contribution is -2.40. The molecule has 0 saturated heterocycles. The van der Waals surface area contributed by atoms with Gasteiger partial charge in [-0.3, -0.25) is 15.1 Å². The number of benzene rings is 1. The van der Waals surface area contributed by atoms with E-state index in [2.05, 4.69) is 44.5 Å². The molecule has 0 bridgehead atoms. The van der Waals surface area contributed by atoms with Crippen LogP contribution in [0.4, 0.5) is 17.1 Å². The smallest absolute Gasteiger partial charge is 0.269 e. The summed E-state index contributed by atoms with van der Waals surface area (Å²) in [5.41, 5.74) is 3.64. The molecule has 2 aromatic rings. The van der Waals surface area contributed by atoms with Gasteiger partial charge in [-0.2, -0.15) is 0 Å². The number of aliphatic hydroxyl groups excluding tert-OH is 1. The van der Waals surface area contributed by atoms with Crippen molar-refractivity contribution in [1.82, 2.24) is 15.6 Å². The van der Waals surface area contributed by atoms with Crippen molar-refractivity contribution in [1.29, 1.82) is 0 Å². The van der Waals surface area contributed by atoms with Gasteiger partial charge in [0, 0.05) is 48.4 Å². The number of amides is 1. The minimum Gasteiger partial charge on any atom is -0.400 e. The molecule has 1 atom stereocenters. The van der Waals surface area contributed by atoms with Crippen LogP contribution in [0, 0.1) is 0 Å². The molecule has 1 aromatic carbocycles. The largest absolute Gasteiger partial charge is 0.400 e. The first-order chi connectivity index (χ1) is 14.2. The van der Waals surface area contributed by atoms with Crippen molar-refractivity contribution in [3.8, 4) is 0 Å². The number of thioether (sulfide) groups is 1. The summed E-state index contributed by atoms with van der Waals surface area (Å²) >= 11 is 1.83. The van der Waals surface area contributed by atoms with Crippen LogP contribution in [-0.4, -0.2) is 41.7 Å². The number of pyridine rings is 1. The van der Waals surface area contributed by atoms with Crippen molar-refractivity contribution in [2.75, 3.05) is 24.8 Å². The Morgan fingerprint density at radius 3 is 2.66 bits per heavy atom. The van der Waals surface area contributed by atoms with Crippen LogP contribution in [0.5, 0.6) is 0 Å². The summed E-state index contributed by atoms with van der Waals surface area (Å²) in [6.45, 7) is 0. The first kappa shape index (κ1) is 21.4. The van der Waals surface area contributed by atoms with Gasteiger partial charge in [-0.25, -0.2) is 0 Å². The first-order valence-corrected chi connectivity index (χ1v) is 10.8. The molecule has 0 radical (unpaired) electrons. The molecule has 29 heavy (non-hydrogen) atoms. The second-order valence-corrected chi connectivity index (χ2v) is 8.14. The van der Waals surface area contributed by atoms with Crippen LogP contribution in [0.1, 0.15) is 42.6 Å². The van der Waals surface area contributed by atoms with Gasteiger partial charge >= 0.3 is 0 Å². The lowest BCUT2D eigenvalue weighted by atomic mass is 9.96. The third-order valence-electron chi connectivity index (χ3n) is 5.01. The fourth-order valence-corrected chi connectivity index (χ4v) is 4.75. The average molecular weight is 416 g/mol. The molecule has 2 aliphatic rings. The zero-order valence-electron chi connectivity index (χ0n) is 16.9. The summed E-state index contributed by atoms with van der Waals surface area (Å²) in [6, 6.07) is 10.5. The zero-order valence-corrected chi connectivity index (χ0v) is 17.7. The number of aromatic nitrogens is 1. The van der Waals surface area contributed by atoms with Crippen LogP contribution in [0.3, 0.4) is 0 Å². The molecule has 5 N–H and O–H groups in total. The molecule has 7 nitrogen and oxygen atoms in total. The van der Waals surface area contributed by atoms with Gasteiger partial charge in [0.25, 0.3) is 5.91 Å². The summed E-state index contributed by atoms with van der Waals surface area (Å²) in [6.07, 6.45) is 8.23. The minimum atomic E-state index is -0.191. The van der Waals surface area contributed by atoms with E-state index in [4.69, 9.17) is 5.11 Å². The summed E-state index contributed by atoms with van der Waals surface area (Å²) in [4.78, 5) is 17.1. The number of hydrogen-bond donors (Lipinski definition) is 5. The molecule has 156 valence electrons. The fraction of sp³-hybridized carbons (Fsp3) is 0.429. The van der Waals surface area contributed by atoms with Crippen LogP contribution in [-0.2, 0) is 0 Å². The highest BCUT2D eigenvalue weighted by atomic mass is 32.2. The third-order valence-corrected chi connectivity index (χ3v) is 6.09. The predicted molar refractivity (Wildman–Crippen MR) is 119 cm³/mol. The predicted octanol–water partition coefficient (Wildman–Crippen LogP) is 3.52. The fourth-order valence-electron chi connectivity index (χ4n) is 3.60. The van der Waals surface area contributed by atoms with E-state index in [0.29, 0.717) is 11.7 Å². The maximum Gasteiger partial charge on any atom is 0.269 e. The van der Waals surface area contributed by atoms with Crippen LogP contribution >= 0.6 is 11.8 Å². The standard InChI is InChI=1S/C20H25N5OS.CH4O/c1-21-19(26)17-11-15(9-10-22-17)23-14-7-8-16-18(12-14)27-20(25-16)24-13-5-3-2-4-6-13;1-2/h7-13,20,24-25H,2-6H2,1H3,(H,21,26)(H,22,23);2H,1H3. The second-order valence-electron chi connectivity index (χ2n) is 6.99. The molecule has 1 aliphatic carbocycles. The summed E-state index contributed by atoms with van der Waals surface area (Å²) in [5, 5.41) is 20.3. The molecule has 1 saturated carbocycles. The van der Waals surface area contributed by atoms with Gasteiger partial charge in [0.2, 0.25) is 0 Å². The number of carbonyl (C=O) groups excluding carboxylic acids is 1. The van der Waals surface area contributed by atoms with Gasteiger partial charge in [-0.1, -0.05) is 31.0 Å². The van der Waals surface area contributed by atoms with Crippen molar-refractivity contribution in [2.45, 2.75) is 48.5 Å². The number of carbonyl (C=O) groups is 1. The van der Waals surface area contributed by atoms with E-state index in [0.717, 1.165) is 18.5 Å². The topological polar surface area (TPSA) is 98.3 Å². The van der Waals surface area contributed by atoms with Gasteiger partial charge in [0.1, 0.15) is 11.2 Å². The normalized spacial score (nSPS) is 18.1. The van der Waals surface area contributed by atoms with Crippen molar-refractivity contribution in [3.63, 3.8) is 0 Å². The van der Waals surface area contributed by atoms with E-state index in [-0.39, 0.29) is 11.4 Å². The van der Waals surface area contributed by atoms with Gasteiger partial charge in [0.05, 0.1) is 0 Å². The molecular formula is C21H29N5O2S. The van der Waals surface area contributed by atoms with Crippen molar-refractivity contribution < 1.29 is 9.90 Å². The van der Waals surface area contributed by atoms with E-state index < -0.39 is 0 Å². The van der Waals surface area contributed by atoms with Crippen molar-refractivity contribution >= 4 is 34.7 Å². The lowest BCUT2D eigenvalue weighted by molar-refractivity contribution is 0.0958. The van der Waals surface area contributed by atoms with Crippen molar-refractivity contribution in [3.05, 3.63) is 42.2 Å². The van der Waals surface area contributed by atoms with Crippen LogP contribution in [0.15, 0.2) is 41.4 Å². The highest BCUT2D eigenvalue weighted by Crippen LogP contribution is 2.40. The van der Waals surface area contributed by atoms with E-state index in [9.17, 15) is 4.79 Å². The Kier molecular flexibility index (Phi) is 7.74. The maximum absolute atomic E-state index is 11.8. The minimum absolute atomic E-state index is 0.191. The Bertz CT molecular complexity index is 826. The number of nitrogens with zero attached hydrogens (tertiary/aromatic N) is 1. The molecule has 1 fully saturated rings. The molecule has 1 aromatic heterocycles. The molecule has 1 amide bonds. The Morgan fingerprint density at radius 1 is 1.14 bits per heavy atom. The van der Waals surface area contributed by atoms with E-state index >= 15 is 0 Å². The molecule has 1 unspecified atom stereocenters. The highest BCUT2D eigenvalue weighted by Gasteiger charge is 2.24. The monoisotopic (exact) mass is 415 g/mol. The van der Waals surface area contributed by atoms with Gasteiger partial charge in [0.15, 0.2) is 0 Å². The van der Waals surface area contributed by atoms with Crippen LogP contribution < -0.4 is 21.3 Å². The summed E-state index contributed by atoms with van der Waals surface area (Å²) in [5.74, 6) is -0.191. The Labute approximate surface area is 176 Å². The summed E-state index contributed by atoms with van der Waals surface area (Å²) in [7, 11) is 2.60. The van der Waals surface area contributed by atoms with E-state index in [1.807, 2.05) is 17.8 Å². The maximum atomic E-state index is 11.8. The number of anilines is 3. The molecular weight excluding hydrogens is 386 g/mol. The van der Waals surface area contributed by atoms with E-state index in [1.165, 1.54) is 42.7 Å². The van der Waals surface area contributed by atoms with Crippen molar-refractivity contribution in [2.24, 2.45) is 0 Å². The average Bonchev–Trinajstić information content (AvgIpc) is 3.17. The van der Waals surface area contributed by atoms with E-state index in [1.54, 1.807) is 19.3 Å². The molecule has 8 heteroatoms. The Hall–Kier alpha value is -2.29. The second kappa shape index (κ2) is 10.5. The number of aliphatic hydroxyl groups is 1. The number of nitrogens with one attached hydrogen (secondary N) is 4. The Morgan fingerprint density at radius 2 is 1.90 bits per heavy atom. The lowest BCUT2D eigenvalue weighted by Gasteiger charge is -2.26. The first-order valence-electron chi connectivity index (χ1n) is 9.94. The molecule has 0 spiro atoms. The van der Waals surface area contributed by atoms with Gasteiger partial charge in [-0.15, -0.1) is 0 Å². The molecule has 1 aliphatic heterocycles. The summed E-state index contributed by atoms with van der Waals surface area (Å²) < 4.78 is 0. The number of hydrogen-bond acceptors (Lipinski definition) is 7. The van der Waals surface area contributed by atoms with Gasteiger partial charge < -0.3 is 21.1 Å². The molecule has 4 rings (SSSR count). The van der Waals surface area contributed by atoms with Crippen LogP contribution in [0.2, 0.25) is 0 Å². The van der Waals surface area contributed by atoms with Crippen LogP contribution in [0.25, 0.3) is 0 Å². The quantitative estimate of drug-likeness (QED) is 0.510.